The van der Waals surface area contributed by atoms with E-state index in [4.69, 9.17) is 14.2 Å². The number of aromatic nitrogens is 1. The molecule has 1 aromatic heterocycles. The number of nitrogens with zero attached hydrogens (tertiary/aromatic N) is 3. The molecule has 0 bridgehead atoms. The topological polar surface area (TPSA) is 101 Å². The number of benzene rings is 1. The van der Waals surface area contributed by atoms with Gasteiger partial charge in [0.1, 0.15) is 24.0 Å². The normalized spacial score (nSPS) is 18.9. The molecule has 0 aliphatic carbocycles. The van der Waals surface area contributed by atoms with Crippen molar-refractivity contribution in [3.8, 4) is 22.8 Å². The summed E-state index contributed by atoms with van der Waals surface area (Å²) in [5, 5.41) is 9.81. The molecule has 0 saturated carbocycles. The summed E-state index contributed by atoms with van der Waals surface area (Å²) in [6.07, 6.45) is 1.24. The van der Waals surface area contributed by atoms with Crippen LogP contribution in [0.1, 0.15) is 24.2 Å². The van der Waals surface area contributed by atoms with E-state index in [1.165, 1.54) is 7.11 Å². The Morgan fingerprint density at radius 1 is 1.32 bits per heavy atom. The van der Waals surface area contributed by atoms with Crippen LogP contribution in [0.15, 0.2) is 36.5 Å². The molecule has 2 amide bonds. The third-order valence-corrected chi connectivity index (χ3v) is 6.07. The molecular weight excluding hydrogens is 438 g/mol. The van der Waals surface area contributed by atoms with Crippen LogP contribution in [-0.2, 0) is 9.53 Å². The van der Waals surface area contributed by atoms with E-state index in [0.717, 1.165) is 11.1 Å². The molecule has 0 spiro atoms. The van der Waals surface area contributed by atoms with Crippen LogP contribution in [-0.4, -0.2) is 91.4 Å². The lowest BCUT2D eigenvalue weighted by Crippen LogP contribution is -2.50. The van der Waals surface area contributed by atoms with Gasteiger partial charge in [-0.25, -0.2) is 4.98 Å². The fraction of sp³-hybridized carbons (Fsp3) is 0.480. The lowest BCUT2D eigenvalue weighted by Gasteiger charge is -2.37. The van der Waals surface area contributed by atoms with Gasteiger partial charge >= 0.3 is 0 Å². The zero-order valence-electron chi connectivity index (χ0n) is 20.4. The highest BCUT2D eigenvalue weighted by atomic mass is 16.5. The third-order valence-electron chi connectivity index (χ3n) is 6.07. The summed E-state index contributed by atoms with van der Waals surface area (Å²) in [6.45, 7) is 4.23. The Balaban J connectivity index is 2.01. The molecule has 2 aromatic rings. The summed E-state index contributed by atoms with van der Waals surface area (Å²) in [5.41, 5.74) is 1.90. The van der Waals surface area contributed by atoms with Crippen LogP contribution in [0.5, 0.6) is 11.6 Å². The van der Waals surface area contributed by atoms with E-state index >= 15 is 0 Å². The van der Waals surface area contributed by atoms with Crippen molar-refractivity contribution in [2.75, 3.05) is 47.6 Å². The predicted molar refractivity (Wildman–Crippen MR) is 127 cm³/mol. The smallest absolute Gasteiger partial charge is 0.259 e. The molecule has 0 fully saturated rings. The summed E-state index contributed by atoms with van der Waals surface area (Å²) in [7, 11) is 4.76. The second-order valence-corrected chi connectivity index (χ2v) is 8.64. The predicted octanol–water partition coefficient (Wildman–Crippen LogP) is 2.08. The average molecular weight is 472 g/mol. The van der Waals surface area contributed by atoms with Crippen LogP contribution in [0.25, 0.3) is 11.1 Å². The van der Waals surface area contributed by atoms with E-state index in [2.05, 4.69) is 4.98 Å². The van der Waals surface area contributed by atoms with E-state index < -0.39 is 12.1 Å². The van der Waals surface area contributed by atoms with Crippen LogP contribution in [0.4, 0.5) is 0 Å². The summed E-state index contributed by atoms with van der Waals surface area (Å²) < 4.78 is 16.5. The standard InChI is InChI=1S/C25H33N3O6/c1-16-12-28(17(2)14-29)25(31)21-10-19(18-7-6-8-20(9-18)33-5)11-26-24(21)34-22(16)13-27(3)23(30)15-32-4/h6-11,16-17,22,29H,12-15H2,1-5H3/t16-,17+,22+/m1/s1. The maximum atomic E-state index is 13.6. The first-order valence-corrected chi connectivity index (χ1v) is 11.2. The number of carbonyl (C=O) groups is 2. The quantitative estimate of drug-likeness (QED) is 0.629. The Hall–Kier alpha value is -3.17. The van der Waals surface area contributed by atoms with Crippen LogP contribution < -0.4 is 9.47 Å². The molecule has 34 heavy (non-hydrogen) atoms. The lowest BCUT2D eigenvalue weighted by atomic mass is 9.99. The van der Waals surface area contributed by atoms with Crippen molar-refractivity contribution in [1.29, 1.82) is 0 Å². The number of pyridine rings is 1. The van der Waals surface area contributed by atoms with Crippen molar-refractivity contribution in [3.05, 3.63) is 42.1 Å². The number of ether oxygens (including phenoxy) is 3. The second kappa shape index (κ2) is 11.3. The Kier molecular flexibility index (Phi) is 8.46. The fourth-order valence-electron chi connectivity index (χ4n) is 3.89. The zero-order chi connectivity index (χ0) is 24.8. The molecule has 9 nitrogen and oxygen atoms in total. The first kappa shape index (κ1) is 25.5. The van der Waals surface area contributed by atoms with Crippen molar-refractivity contribution in [2.45, 2.75) is 26.0 Å². The van der Waals surface area contributed by atoms with Gasteiger partial charge in [-0.1, -0.05) is 19.1 Å². The van der Waals surface area contributed by atoms with Gasteiger partial charge in [0.15, 0.2) is 0 Å². The maximum absolute atomic E-state index is 13.6. The second-order valence-electron chi connectivity index (χ2n) is 8.64. The number of fused-ring (bicyclic) bond motifs is 1. The van der Waals surface area contributed by atoms with Gasteiger partial charge in [0.25, 0.3) is 5.91 Å². The van der Waals surface area contributed by atoms with Gasteiger partial charge in [-0.15, -0.1) is 0 Å². The van der Waals surface area contributed by atoms with Crippen molar-refractivity contribution in [2.24, 2.45) is 5.92 Å². The van der Waals surface area contributed by atoms with Gasteiger partial charge in [0.05, 0.1) is 26.3 Å². The number of aliphatic hydroxyl groups is 1. The Bertz CT molecular complexity index is 1010. The molecule has 1 aliphatic heterocycles. The third kappa shape index (κ3) is 5.66. The van der Waals surface area contributed by atoms with Gasteiger partial charge < -0.3 is 29.1 Å². The molecule has 184 valence electrons. The number of hydrogen-bond acceptors (Lipinski definition) is 7. The van der Waals surface area contributed by atoms with Crippen molar-refractivity contribution < 1.29 is 28.9 Å². The highest BCUT2D eigenvalue weighted by molar-refractivity contribution is 5.98. The minimum atomic E-state index is -0.416. The molecule has 1 aliphatic rings. The van der Waals surface area contributed by atoms with Crippen LogP contribution in [0.3, 0.4) is 0 Å². The number of carbonyl (C=O) groups excluding carboxylic acids is 2. The zero-order valence-corrected chi connectivity index (χ0v) is 20.4. The number of likely N-dealkylation sites (N-methyl/N-ethyl adjacent to an activating group) is 1. The molecule has 2 heterocycles. The largest absolute Gasteiger partial charge is 0.497 e. The summed E-state index contributed by atoms with van der Waals surface area (Å²) >= 11 is 0. The number of hydrogen-bond donors (Lipinski definition) is 1. The maximum Gasteiger partial charge on any atom is 0.259 e. The van der Waals surface area contributed by atoms with Gasteiger partial charge in [-0.2, -0.15) is 0 Å². The first-order chi connectivity index (χ1) is 16.3. The minimum Gasteiger partial charge on any atom is -0.497 e. The van der Waals surface area contributed by atoms with E-state index in [-0.39, 0.29) is 36.8 Å². The average Bonchev–Trinajstić information content (AvgIpc) is 2.85. The molecule has 3 rings (SSSR count). The number of methoxy groups -OCH3 is 2. The number of amides is 2. The first-order valence-electron chi connectivity index (χ1n) is 11.2. The molecular formula is C25H33N3O6. The van der Waals surface area contributed by atoms with Gasteiger partial charge in [-0.05, 0) is 30.7 Å². The van der Waals surface area contributed by atoms with E-state index in [0.29, 0.717) is 24.4 Å². The van der Waals surface area contributed by atoms with Crippen LogP contribution >= 0.6 is 0 Å². The van der Waals surface area contributed by atoms with E-state index in [1.54, 1.807) is 43.1 Å². The van der Waals surface area contributed by atoms with Crippen molar-refractivity contribution in [1.82, 2.24) is 14.8 Å². The molecule has 9 heteroatoms. The Labute approximate surface area is 200 Å². The monoisotopic (exact) mass is 471 g/mol. The molecule has 0 saturated heterocycles. The molecule has 1 N–H and O–H groups in total. The van der Waals surface area contributed by atoms with E-state index in [1.807, 2.05) is 31.2 Å². The lowest BCUT2D eigenvalue weighted by molar-refractivity contribution is -0.135. The van der Waals surface area contributed by atoms with Gasteiger partial charge in [-0.3, -0.25) is 9.59 Å². The SMILES string of the molecule is COCC(=O)N(C)C[C@@H]1Oc2ncc(-c3cccc(OC)c3)cc2C(=O)N([C@@H](C)CO)C[C@H]1C. The molecule has 3 atom stereocenters. The van der Waals surface area contributed by atoms with Crippen molar-refractivity contribution >= 4 is 11.8 Å². The number of rotatable bonds is 8. The van der Waals surface area contributed by atoms with Crippen LogP contribution in [0, 0.1) is 5.92 Å². The minimum absolute atomic E-state index is 0.0253. The van der Waals surface area contributed by atoms with Gasteiger partial charge in [0.2, 0.25) is 11.8 Å². The number of aliphatic hydroxyl groups excluding tert-OH is 1. The van der Waals surface area contributed by atoms with Gasteiger partial charge in [0, 0.05) is 38.4 Å². The van der Waals surface area contributed by atoms with Crippen LogP contribution in [0.2, 0.25) is 0 Å². The Morgan fingerprint density at radius 2 is 2.09 bits per heavy atom. The summed E-state index contributed by atoms with van der Waals surface area (Å²) in [6, 6.07) is 8.85. The Morgan fingerprint density at radius 3 is 2.76 bits per heavy atom. The fourth-order valence-corrected chi connectivity index (χ4v) is 3.89. The van der Waals surface area contributed by atoms with Crippen molar-refractivity contribution in [3.63, 3.8) is 0 Å². The highest BCUT2D eigenvalue weighted by Crippen LogP contribution is 2.31. The van der Waals surface area contributed by atoms with E-state index in [9.17, 15) is 14.7 Å². The summed E-state index contributed by atoms with van der Waals surface area (Å²) in [5.74, 6) is 0.348. The molecule has 0 radical (unpaired) electrons. The molecule has 0 unspecified atom stereocenters. The highest BCUT2D eigenvalue weighted by Gasteiger charge is 2.34. The molecule has 1 aromatic carbocycles. The summed E-state index contributed by atoms with van der Waals surface area (Å²) in [4.78, 5) is 33.5.